The third kappa shape index (κ3) is 3.73. The van der Waals surface area contributed by atoms with E-state index in [0.717, 1.165) is 55.0 Å². The van der Waals surface area contributed by atoms with E-state index >= 15 is 0 Å². The minimum absolute atomic E-state index is 0.164. The molecular weight excluding hydrogens is 332 g/mol. The molecule has 0 bridgehead atoms. The van der Waals surface area contributed by atoms with Crippen LogP contribution in [-0.4, -0.2) is 39.9 Å². The van der Waals surface area contributed by atoms with Crippen molar-refractivity contribution < 1.29 is 4.79 Å². The molecule has 0 aromatic carbocycles. The standard InChI is InChI=1S/C15H21BrN4O/c1-10(15(21)20-7-3-2-4-8-20)17-13-9-12(16)18-14(19-13)11-5-6-11/h9-11H,2-8H2,1H3,(H,17,18,19). The molecule has 114 valence electrons. The van der Waals surface area contributed by atoms with E-state index in [-0.39, 0.29) is 11.9 Å². The Hall–Kier alpha value is -1.17. The number of aromatic nitrogens is 2. The number of hydrogen-bond acceptors (Lipinski definition) is 4. The number of nitrogens with one attached hydrogen (secondary N) is 1. The highest BCUT2D eigenvalue weighted by molar-refractivity contribution is 9.10. The van der Waals surface area contributed by atoms with Gasteiger partial charge in [-0.15, -0.1) is 0 Å². The SMILES string of the molecule is CC(Nc1cc(Br)nc(C2CC2)n1)C(=O)N1CCCCC1. The third-order valence-electron chi connectivity index (χ3n) is 4.06. The molecule has 1 saturated carbocycles. The van der Waals surface area contributed by atoms with Gasteiger partial charge in [0, 0.05) is 25.1 Å². The minimum atomic E-state index is -0.253. The summed E-state index contributed by atoms with van der Waals surface area (Å²) < 4.78 is 0.777. The van der Waals surface area contributed by atoms with Crippen LogP contribution >= 0.6 is 15.9 Å². The first-order chi connectivity index (χ1) is 10.1. The van der Waals surface area contributed by atoms with Crippen molar-refractivity contribution in [1.29, 1.82) is 0 Å². The van der Waals surface area contributed by atoms with Crippen LogP contribution in [0.1, 0.15) is 50.8 Å². The summed E-state index contributed by atoms with van der Waals surface area (Å²) in [5, 5.41) is 3.23. The summed E-state index contributed by atoms with van der Waals surface area (Å²) in [5.74, 6) is 2.27. The number of hydrogen-bond donors (Lipinski definition) is 1. The second-order valence-electron chi connectivity index (χ2n) is 5.96. The topological polar surface area (TPSA) is 58.1 Å². The minimum Gasteiger partial charge on any atom is -0.358 e. The predicted octanol–water partition coefficient (Wildman–Crippen LogP) is 2.93. The summed E-state index contributed by atoms with van der Waals surface area (Å²) >= 11 is 3.43. The van der Waals surface area contributed by atoms with Gasteiger partial charge >= 0.3 is 0 Å². The average molecular weight is 353 g/mol. The molecule has 2 heterocycles. The molecule has 6 heteroatoms. The lowest BCUT2D eigenvalue weighted by molar-refractivity contribution is -0.132. The maximum atomic E-state index is 12.4. The maximum absolute atomic E-state index is 12.4. The van der Waals surface area contributed by atoms with E-state index in [0.29, 0.717) is 5.92 Å². The van der Waals surface area contributed by atoms with Crippen LogP contribution in [-0.2, 0) is 4.79 Å². The molecule has 1 N–H and O–H groups in total. The molecule has 21 heavy (non-hydrogen) atoms. The Labute approximate surface area is 133 Å². The number of carbonyl (C=O) groups is 1. The van der Waals surface area contributed by atoms with Crippen molar-refractivity contribution >= 4 is 27.7 Å². The molecule has 1 aromatic heterocycles. The summed E-state index contributed by atoms with van der Waals surface area (Å²) in [6.45, 7) is 3.67. The van der Waals surface area contributed by atoms with Gasteiger partial charge in [-0.05, 0) is 55.0 Å². The first-order valence-corrected chi connectivity index (χ1v) is 8.52. The van der Waals surface area contributed by atoms with Gasteiger partial charge in [0.15, 0.2) is 0 Å². The van der Waals surface area contributed by atoms with Gasteiger partial charge < -0.3 is 10.2 Å². The zero-order valence-corrected chi connectivity index (χ0v) is 13.9. The fourth-order valence-electron chi connectivity index (χ4n) is 2.70. The molecular formula is C15H21BrN4O. The molecule has 1 saturated heterocycles. The molecule has 2 fully saturated rings. The zero-order valence-electron chi connectivity index (χ0n) is 12.3. The number of likely N-dealkylation sites (tertiary alicyclic amines) is 1. The predicted molar refractivity (Wildman–Crippen MR) is 85.2 cm³/mol. The molecule has 1 aliphatic carbocycles. The molecule has 1 atom stereocenters. The van der Waals surface area contributed by atoms with Gasteiger partial charge in [0.25, 0.3) is 0 Å². The maximum Gasteiger partial charge on any atom is 0.244 e. The van der Waals surface area contributed by atoms with Gasteiger partial charge in [-0.3, -0.25) is 4.79 Å². The second kappa shape index (κ2) is 6.30. The van der Waals surface area contributed by atoms with Crippen LogP contribution in [0.15, 0.2) is 10.7 Å². The van der Waals surface area contributed by atoms with E-state index < -0.39 is 0 Å². The number of nitrogens with zero attached hydrogens (tertiary/aromatic N) is 3. The van der Waals surface area contributed by atoms with E-state index in [1.165, 1.54) is 6.42 Å². The van der Waals surface area contributed by atoms with Crippen LogP contribution < -0.4 is 5.32 Å². The van der Waals surface area contributed by atoms with Gasteiger partial charge in [-0.1, -0.05) is 0 Å². The van der Waals surface area contributed by atoms with Gasteiger partial charge in [0.2, 0.25) is 5.91 Å². The Morgan fingerprint density at radius 2 is 2.05 bits per heavy atom. The molecule has 1 unspecified atom stereocenters. The van der Waals surface area contributed by atoms with Gasteiger partial charge in [0.1, 0.15) is 22.3 Å². The fourth-order valence-corrected chi connectivity index (χ4v) is 3.10. The van der Waals surface area contributed by atoms with E-state index in [1.54, 1.807) is 0 Å². The van der Waals surface area contributed by atoms with Crippen molar-refractivity contribution in [3.8, 4) is 0 Å². The van der Waals surface area contributed by atoms with Crippen LogP contribution in [0.2, 0.25) is 0 Å². The quantitative estimate of drug-likeness (QED) is 0.846. The fraction of sp³-hybridized carbons (Fsp3) is 0.667. The lowest BCUT2D eigenvalue weighted by atomic mass is 10.1. The molecule has 0 spiro atoms. The Bertz CT molecular complexity index is 526. The molecule has 1 aromatic rings. The van der Waals surface area contributed by atoms with Gasteiger partial charge in [-0.2, -0.15) is 0 Å². The highest BCUT2D eigenvalue weighted by atomic mass is 79.9. The third-order valence-corrected chi connectivity index (χ3v) is 4.46. The van der Waals surface area contributed by atoms with Crippen LogP contribution in [0.4, 0.5) is 5.82 Å². The smallest absolute Gasteiger partial charge is 0.244 e. The number of halogens is 1. The number of anilines is 1. The number of amides is 1. The average Bonchev–Trinajstić information content (AvgIpc) is 3.31. The van der Waals surface area contributed by atoms with Gasteiger partial charge in [0.05, 0.1) is 0 Å². The van der Waals surface area contributed by atoms with Crippen LogP contribution in [0.25, 0.3) is 0 Å². The van der Waals surface area contributed by atoms with Crippen LogP contribution in [0.3, 0.4) is 0 Å². The zero-order chi connectivity index (χ0) is 14.8. The number of carbonyl (C=O) groups excluding carboxylic acids is 1. The van der Waals surface area contributed by atoms with Crippen LogP contribution in [0.5, 0.6) is 0 Å². The van der Waals surface area contributed by atoms with Crippen molar-refractivity contribution in [2.75, 3.05) is 18.4 Å². The lowest BCUT2D eigenvalue weighted by Crippen LogP contribution is -2.44. The Morgan fingerprint density at radius 3 is 2.71 bits per heavy atom. The van der Waals surface area contributed by atoms with E-state index in [4.69, 9.17) is 0 Å². The Morgan fingerprint density at radius 1 is 1.33 bits per heavy atom. The summed E-state index contributed by atoms with van der Waals surface area (Å²) in [5.41, 5.74) is 0. The molecule has 0 radical (unpaired) electrons. The van der Waals surface area contributed by atoms with Crippen molar-refractivity contribution in [2.45, 2.75) is 51.0 Å². The van der Waals surface area contributed by atoms with Crippen molar-refractivity contribution in [1.82, 2.24) is 14.9 Å². The van der Waals surface area contributed by atoms with E-state index in [9.17, 15) is 4.79 Å². The Kier molecular flexibility index (Phi) is 4.42. The molecule has 5 nitrogen and oxygen atoms in total. The first-order valence-electron chi connectivity index (χ1n) is 7.73. The summed E-state index contributed by atoms with van der Waals surface area (Å²) in [4.78, 5) is 23.3. The first kappa shape index (κ1) is 14.8. The van der Waals surface area contributed by atoms with Crippen LogP contribution in [0, 0.1) is 0 Å². The summed E-state index contributed by atoms with van der Waals surface area (Å²) in [6, 6.07) is 1.59. The van der Waals surface area contributed by atoms with E-state index in [1.807, 2.05) is 17.9 Å². The lowest BCUT2D eigenvalue weighted by Gasteiger charge is -2.29. The molecule has 1 aliphatic heterocycles. The van der Waals surface area contributed by atoms with E-state index in [2.05, 4.69) is 31.2 Å². The normalized spacial score (nSPS) is 20.2. The van der Waals surface area contributed by atoms with Crippen molar-refractivity contribution in [3.05, 3.63) is 16.5 Å². The highest BCUT2D eigenvalue weighted by Gasteiger charge is 2.28. The summed E-state index contributed by atoms with van der Waals surface area (Å²) in [6.07, 6.45) is 5.79. The second-order valence-corrected chi connectivity index (χ2v) is 6.77. The highest BCUT2D eigenvalue weighted by Crippen LogP contribution is 2.38. The molecule has 3 rings (SSSR count). The number of piperidine rings is 1. The monoisotopic (exact) mass is 352 g/mol. The van der Waals surface area contributed by atoms with Gasteiger partial charge in [-0.25, -0.2) is 9.97 Å². The molecule has 2 aliphatic rings. The Balaban J connectivity index is 1.66. The molecule has 1 amide bonds. The summed E-state index contributed by atoms with van der Waals surface area (Å²) in [7, 11) is 0. The van der Waals surface area contributed by atoms with Crippen molar-refractivity contribution in [2.24, 2.45) is 0 Å². The largest absolute Gasteiger partial charge is 0.358 e. The van der Waals surface area contributed by atoms with Crippen molar-refractivity contribution in [3.63, 3.8) is 0 Å². The number of rotatable bonds is 4.